The van der Waals surface area contributed by atoms with Crippen LogP contribution < -0.4 is 4.90 Å². The van der Waals surface area contributed by atoms with Crippen LogP contribution in [-0.4, -0.2) is 64.8 Å². The van der Waals surface area contributed by atoms with E-state index in [0.29, 0.717) is 23.2 Å². The van der Waals surface area contributed by atoms with Gasteiger partial charge in [-0.2, -0.15) is 0 Å². The number of terminal acetylenes is 1. The van der Waals surface area contributed by atoms with E-state index in [1.54, 1.807) is 48.2 Å². The molecule has 4 heterocycles. The lowest BCUT2D eigenvalue weighted by atomic mass is 9.80. The number of pyridine rings is 2. The van der Waals surface area contributed by atoms with Crippen LogP contribution in [-0.2, 0) is 10.5 Å². The third-order valence-corrected chi connectivity index (χ3v) is 8.35. The van der Waals surface area contributed by atoms with Gasteiger partial charge in [-0.25, -0.2) is 9.37 Å². The number of allylic oxidation sites excluding steroid dienone is 3. The van der Waals surface area contributed by atoms with E-state index in [2.05, 4.69) is 32.6 Å². The third kappa shape index (κ3) is 5.60. The molecule has 3 aliphatic rings. The first-order chi connectivity index (χ1) is 19.7. The second-order valence-electron chi connectivity index (χ2n) is 10.9. The second kappa shape index (κ2) is 11.6. The van der Waals surface area contributed by atoms with Gasteiger partial charge in [0.25, 0.3) is 5.91 Å². The minimum atomic E-state index is -1.64. The van der Waals surface area contributed by atoms with E-state index < -0.39 is 17.5 Å². The van der Waals surface area contributed by atoms with Crippen LogP contribution in [0.2, 0.25) is 0 Å². The van der Waals surface area contributed by atoms with Crippen molar-refractivity contribution in [2.75, 3.05) is 38.1 Å². The Balaban J connectivity index is 1.24. The summed E-state index contributed by atoms with van der Waals surface area (Å²) in [6, 6.07) is 7.02. The summed E-state index contributed by atoms with van der Waals surface area (Å²) in [7, 11) is 1.73. The first-order valence-corrected chi connectivity index (χ1v) is 14.0. The molecule has 2 saturated heterocycles. The molecule has 0 spiro atoms. The van der Waals surface area contributed by atoms with E-state index >= 15 is 4.39 Å². The summed E-state index contributed by atoms with van der Waals surface area (Å²) in [6.07, 6.45) is 13.8. The minimum absolute atomic E-state index is 0.146. The van der Waals surface area contributed by atoms with Crippen molar-refractivity contribution in [3.05, 3.63) is 76.9 Å². The molecule has 2 aromatic heterocycles. The Labute approximate surface area is 241 Å². The molecule has 41 heavy (non-hydrogen) atoms. The molecule has 210 valence electrons. The molecular formula is C33H34FN5O2. The molecule has 2 aliphatic heterocycles. The zero-order valence-corrected chi connectivity index (χ0v) is 23.7. The number of halogens is 1. The molecule has 3 unspecified atom stereocenters. The lowest BCUT2D eigenvalue weighted by Crippen LogP contribution is -2.50. The highest BCUT2D eigenvalue weighted by Gasteiger charge is 2.45. The maximum absolute atomic E-state index is 16.0. The van der Waals surface area contributed by atoms with Crippen LogP contribution >= 0.6 is 0 Å². The molecule has 3 atom stereocenters. The maximum atomic E-state index is 16.0. The fraction of sp³-hybridized carbons (Fsp3) is 0.394. The van der Waals surface area contributed by atoms with E-state index in [0.717, 1.165) is 36.6 Å². The van der Waals surface area contributed by atoms with Crippen LogP contribution in [0.1, 0.15) is 54.7 Å². The number of hydrogen-bond donors (Lipinski definition) is 0. The minimum Gasteiger partial charge on any atom is -0.356 e. The first-order valence-electron chi connectivity index (χ1n) is 14.0. The highest BCUT2D eigenvalue weighted by Crippen LogP contribution is 2.40. The standard InChI is InChI=1S/C33H34FN5O2/c1-5-25-11-14-29(35-20-25)33(34)16-19-39(22-24(33)3)32(41)26-8-6-9-28(23(2)10-12-26)37(4)31(40)27-13-15-30(36-21-27)38-17-7-18-38/h1,10-15,20-21,24,26H,7,9,16-19,22H2,2-4H3/b12-10?,28-23+. The van der Waals surface area contributed by atoms with Gasteiger partial charge in [0.1, 0.15) is 11.7 Å². The average molecular weight is 552 g/mol. The molecule has 1 aliphatic carbocycles. The average Bonchev–Trinajstić information content (AvgIpc) is 2.95. The smallest absolute Gasteiger partial charge is 0.259 e. The number of carbonyl (C=O) groups excluding carboxylic acids is 2. The zero-order chi connectivity index (χ0) is 29.1. The number of alkyl halides is 1. The predicted octanol–water partition coefficient (Wildman–Crippen LogP) is 4.33. The Bertz CT molecular complexity index is 1490. The van der Waals surface area contributed by atoms with Crippen molar-refractivity contribution in [3.8, 4) is 24.2 Å². The Hall–Kier alpha value is -4.43. The van der Waals surface area contributed by atoms with E-state index in [1.165, 1.54) is 6.20 Å². The zero-order valence-electron chi connectivity index (χ0n) is 23.7. The fourth-order valence-electron chi connectivity index (χ4n) is 5.47. The van der Waals surface area contributed by atoms with Crippen molar-refractivity contribution < 1.29 is 14.0 Å². The Morgan fingerprint density at radius 1 is 1.17 bits per heavy atom. The normalized spacial score (nSPS) is 25.6. The number of likely N-dealkylation sites (tertiary alicyclic amines) is 1. The molecule has 2 aromatic rings. The largest absolute Gasteiger partial charge is 0.356 e. The van der Waals surface area contributed by atoms with E-state index in [-0.39, 0.29) is 31.3 Å². The van der Waals surface area contributed by atoms with Gasteiger partial charge in [-0.05, 0) is 43.2 Å². The molecule has 0 radical (unpaired) electrons. The van der Waals surface area contributed by atoms with Gasteiger partial charge in [0.05, 0.1) is 11.3 Å². The van der Waals surface area contributed by atoms with Crippen LogP contribution in [0.4, 0.5) is 10.2 Å². The van der Waals surface area contributed by atoms with Crippen molar-refractivity contribution in [3.63, 3.8) is 0 Å². The number of anilines is 1. The van der Waals surface area contributed by atoms with Crippen molar-refractivity contribution in [1.82, 2.24) is 19.8 Å². The van der Waals surface area contributed by atoms with Crippen molar-refractivity contribution in [2.24, 2.45) is 11.8 Å². The molecule has 0 aromatic carbocycles. The number of aromatic nitrogens is 2. The maximum Gasteiger partial charge on any atom is 0.259 e. The topological polar surface area (TPSA) is 69.6 Å². The summed E-state index contributed by atoms with van der Waals surface area (Å²) in [6.45, 7) is 6.24. The number of hydrogen-bond acceptors (Lipinski definition) is 5. The quantitative estimate of drug-likeness (QED) is 0.518. The summed E-state index contributed by atoms with van der Waals surface area (Å²) < 4.78 is 16.0. The third-order valence-electron chi connectivity index (χ3n) is 8.35. The number of piperidine rings is 1. The monoisotopic (exact) mass is 551 g/mol. The van der Waals surface area contributed by atoms with Crippen molar-refractivity contribution in [1.29, 1.82) is 0 Å². The van der Waals surface area contributed by atoms with Crippen molar-refractivity contribution >= 4 is 17.6 Å². The summed E-state index contributed by atoms with van der Waals surface area (Å²) in [5, 5.41) is 0. The Morgan fingerprint density at radius 2 is 1.98 bits per heavy atom. The van der Waals surface area contributed by atoms with Gasteiger partial charge in [-0.3, -0.25) is 14.6 Å². The fourth-order valence-corrected chi connectivity index (χ4v) is 5.47. The number of rotatable bonds is 5. The van der Waals surface area contributed by atoms with Crippen LogP contribution in [0.25, 0.3) is 0 Å². The molecule has 2 amide bonds. The van der Waals surface area contributed by atoms with Gasteiger partial charge in [0.2, 0.25) is 5.91 Å². The Kier molecular flexibility index (Phi) is 7.94. The van der Waals surface area contributed by atoms with Crippen LogP contribution in [0, 0.1) is 36.0 Å². The van der Waals surface area contributed by atoms with Gasteiger partial charge in [-0.15, -0.1) is 6.42 Å². The van der Waals surface area contributed by atoms with Gasteiger partial charge >= 0.3 is 0 Å². The van der Waals surface area contributed by atoms with Crippen LogP contribution in [0.5, 0.6) is 0 Å². The summed E-state index contributed by atoms with van der Waals surface area (Å²) in [5.41, 5.74) is 1.44. The number of amides is 2. The van der Waals surface area contributed by atoms with Crippen LogP contribution in [0.3, 0.4) is 0 Å². The van der Waals surface area contributed by atoms with E-state index in [1.807, 2.05) is 25.1 Å². The van der Waals surface area contributed by atoms with Crippen LogP contribution in [0.15, 0.2) is 60.1 Å². The summed E-state index contributed by atoms with van der Waals surface area (Å²) >= 11 is 0. The summed E-state index contributed by atoms with van der Waals surface area (Å²) in [5.74, 6) is 8.17. The SMILES string of the molecule is C#Cc1ccc(C2(F)CCN(C(=O)C3C#CC/C(N(C)C(=O)c4ccc(N5CCC5)nc4)=C(/C)C=C3)CC2C)nc1. The highest BCUT2D eigenvalue weighted by atomic mass is 19.1. The highest BCUT2D eigenvalue weighted by molar-refractivity contribution is 5.95. The van der Waals surface area contributed by atoms with E-state index in [9.17, 15) is 9.59 Å². The molecule has 2 fully saturated rings. The molecule has 5 rings (SSSR count). The van der Waals surface area contributed by atoms with Gasteiger partial charge in [0.15, 0.2) is 5.67 Å². The molecular weight excluding hydrogens is 517 g/mol. The lowest BCUT2D eigenvalue weighted by Gasteiger charge is -2.41. The van der Waals surface area contributed by atoms with Crippen molar-refractivity contribution in [2.45, 2.75) is 38.8 Å². The first kappa shape index (κ1) is 28.1. The molecule has 0 bridgehead atoms. The molecule has 0 saturated carbocycles. The van der Waals surface area contributed by atoms with Gasteiger partial charge in [-0.1, -0.05) is 36.8 Å². The summed E-state index contributed by atoms with van der Waals surface area (Å²) in [4.78, 5) is 40.8. The number of carbonyl (C=O) groups is 2. The molecule has 8 heteroatoms. The second-order valence-corrected chi connectivity index (χ2v) is 10.9. The molecule has 7 nitrogen and oxygen atoms in total. The number of nitrogens with zero attached hydrogens (tertiary/aromatic N) is 5. The molecule has 0 N–H and O–H groups in total. The lowest BCUT2D eigenvalue weighted by molar-refractivity contribution is -0.137. The Morgan fingerprint density at radius 3 is 2.59 bits per heavy atom. The van der Waals surface area contributed by atoms with Gasteiger partial charge in [0, 0.05) is 75.6 Å². The van der Waals surface area contributed by atoms with E-state index in [4.69, 9.17) is 6.42 Å². The predicted molar refractivity (Wildman–Crippen MR) is 156 cm³/mol. The van der Waals surface area contributed by atoms with Gasteiger partial charge < -0.3 is 14.7 Å².